The van der Waals surface area contributed by atoms with Gasteiger partial charge in [0.25, 0.3) is 0 Å². The molecule has 0 spiro atoms. The Morgan fingerprint density at radius 2 is 1.58 bits per heavy atom. The van der Waals surface area contributed by atoms with Crippen molar-refractivity contribution in [2.45, 2.75) is 80.4 Å². The molecule has 0 radical (unpaired) electrons. The van der Waals surface area contributed by atoms with E-state index in [1.165, 1.54) is 0 Å². The fraction of sp³-hybridized carbons (Fsp3) is 0.882. The summed E-state index contributed by atoms with van der Waals surface area (Å²) in [5, 5.41) is 99.6. The topological polar surface area (TPSA) is 258 Å². The van der Waals surface area contributed by atoms with E-state index in [0.29, 0.717) is 0 Å². The van der Waals surface area contributed by atoms with Crippen molar-refractivity contribution in [1.29, 1.82) is 0 Å². The van der Waals surface area contributed by atoms with Gasteiger partial charge < -0.3 is 61.1 Å². The lowest BCUT2D eigenvalue weighted by Gasteiger charge is -2.46. The van der Waals surface area contributed by atoms with E-state index < -0.39 is 98.4 Å². The molecule has 1 fully saturated rings. The third-order valence-corrected chi connectivity index (χ3v) is 4.97. The zero-order valence-electron chi connectivity index (χ0n) is 16.7. The van der Waals surface area contributed by atoms with Crippen LogP contribution in [-0.2, 0) is 14.3 Å². The Bertz CT molecular complexity index is 607. The van der Waals surface area contributed by atoms with Crippen molar-refractivity contribution in [2.75, 3.05) is 13.2 Å². The Morgan fingerprint density at radius 3 is 2.06 bits per heavy atom. The van der Waals surface area contributed by atoms with Gasteiger partial charge in [-0.25, -0.2) is 0 Å². The molecule has 11 N–H and O–H groups in total. The van der Waals surface area contributed by atoms with Gasteiger partial charge >= 0.3 is 0 Å². The molecule has 10 atom stereocenters. The lowest BCUT2D eigenvalue weighted by molar-refractivity contribution is -0.301. The van der Waals surface area contributed by atoms with Crippen LogP contribution < -0.4 is 5.32 Å². The molecule has 14 heteroatoms. The molecule has 14 nitrogen and oxygen atoms in total. The quantitative estimate of drug-likeness (QED) is 0.138. The maximum absolute atomic E-state index is 12.3. The SMILES string of the molecule is CC(=O)N[C@H]1[C@H]([C@H](O)[C@H](O)CO)O[C@](O)(CC(=O)[C@H](O)[C@@H](O)[C@H](O)[C@H](O)CO)C[C@@H]1O. The van der Waals surface area contributed by atoms with Gasteiger partial charge in [0.1, 0.15) is 42.7 Å². The molecule has 1 aliphatic heterocycles. The molecular formula is C17H31NO13. The van der Waals surface area contributed by atoms with Crippen LogP contribution in [0.2, 0.25) is 0 Å². The minimum absolute atomic E-state index is 0.653. The van der Waals surface area contributed by atoms with Crippen molar-refractivity contribution in [2.24, 2.45) is 0 Å². The maximum Gasteiger partial charge on any atom is 0.217 e. The number of aliphatic hydroxyl groups is 10. The summed E-state index contributed by atoms with van der Waals surface area (Å²) in [5.74, 6) is -4.49. The summed E-state index contributed by atoms with van der Waals surface area (Å²) in [7, 11) is 0. The molecule has 0 bridgehead atoms. The number of ketones is 1. The van der Waals surface area contributed by atoms with E-state index in [4.69, 9.17) is 14.9 Å². The summed E-state index contributed by atoms with van der Waals surface area (Å²) >= 11 is 0. The molecule has 1 amide bonds. The summed E-state index contributed by atoms with van der Waals surface area (Å²) in [5.41, 5.74) is 0. The van der Waals surface area contributed by atoms with Gasteiger partial charge in [0.15, 0.2) is 11.6 Å². The lowest BCUT2D eigenvalue weighted by atomic mass is 9.86. The maximum atomic E-state index is 12.3. The highest BCUT2D eigenvalue weighted by Crippen LogP contribution is 2.33. The van der Waals surface area contributed by atoms with Crippen LogP contribution in [0.5, 0.6) is 0 Å². The van der Waals surface area contributed by atoms with Crippen molar-refractivity contribution in [3.8, 4) is 0 Å². The Kier molecular flexibility index (Phi) is 10.3. The summed E-state index contributed by atoms with van der Waals surface area (Å²) in [6.45, 7) is -0.820. The van der Waals surface area contributed by atoms with Crippen LogP contribution >= 0.6 is 0 Å². The number of aliphatic hydroxyl groups excluding tert-OH is 9. The minimum atomic E-state index is -2.55. The van der Waals surface area contributed by atoms with Gasteiger partial charge in [0.05, 0.1) is 31.8 Å². The predicted molar refractivity (Wildman–Crippen MR) is 97.9 cm³/mol. The number of hydrogen-bond donors (Lipinski definition) is 11. The second-order valence-electron chi connectivity index (χ2n) is 7.59. The molecule has 1 rings (SSSR count). The second kappa shape index (κ2) is 11.5. The Morgan fingerprint density at radius 1 is 1.03 bits per heavy atom. The average Bonchev–Trinajstić information content (AvgIpc) is 2.71. The van der Waals surface area contributed by atoms with Crippen LogP contribution in [0.3, 0.4) is 0 Å². The second-order valence-corrected chi connectivity index (χ2v) is 7.59. The van der Waals surface area contributed by atoms with E-state index in [0.717, 1.165) is 6.92 Å². The van der Waals surface area contributed by atoms with Crippen LogP contribution in [0, 0.1) is 0 Å². The lowest BCUT2D eigenvalue weighted by Crippen LogP contribution is -2.66. The average molecular weight is 457 g/mol. The van der Waals surface area contributed by atoms with Crippen LogP contribution in [0.1, 0.15) is 19.8 Å². The van der Waals surface area contributed by atoms with Gasteiger partial charge in [0, 0.05) is 13.3 Å². The highest BCUT2D eigenvalue weighted by Gasteiger charge is 2.51. The number of carbonyl (C=O) groups is 2. The van der Waals surface area contributed by atoms with Crippen LogP contribution in [0.25, 0.3) is 0 Å². The molecule has 0 aromatic carbocycles. The van der Waals surface area contributed by atoms with Gasteiger partial charge in [-0.05, 0) is 0 Å². The van der Waals surface area contributed by atoms with E-state index in [1.54, 1.807) is 0 Å². The largest absolute Gasteiger partial charge is 0.394 e. The number of rotatable bonds is 11. The molecular weight excluding hydrogens is 426 g/mol. The monoisotopic (exact) mass is 457 g/mol. The van der Waals surface area contributed by atoms with E-state index in [-0.39, 0.29) is 0 Å². The Balaban J connectivity index is 3.03. The zero-order valence-corrected chi connectivity index (χ0v) is 16.7. The van der Waals surface area contributed by atoms with E-state index in [9.17, 15) is 50.4 Å². The Hall–Kier alpha value is -1.30. The summed E-state index contributed by atoms with van der Waals surface area (Å²) in [6.07, 6.45) is -17.3. The normalized spacial score (nSPS) is 32.4. The first-order valence-corrected chi connectivity index (χ1v) is 9.46. The van der Waals surface area contributed by atoms with Crippen molar-refractivity contribution < 1.29 is 65.4 Å². The highest BCUT2D eigenvalue weighted by atomic mass is 16.6. The number of carbonyl (C=O) groups excluding carboxylic acids is 2. The number of hydrogen-bond acceptors (Lipinski definition) is 13. The molecule has 1 saturated heterocycles. The number of Topliss-reactive ketones (excluding diaryl/α,β-unsaturated/α-hetero) is 1. The molecule has 0 saturated carbocycles. The summed E-state index contributed by atoms with van der Waals surface area (Å²) in [6, 6.07) is -1.35. The van der Waals surface area contributed by atoms with Gasteiger partial charge in [-0.15, -0.1) is 0 Å². The van der Waals surface area contributed by atoms with Gasteiger partial charge in [-0.3, -0.25) is 9.59 Å². The van der Waals surface area contributed by atoms with Crippen molar-refractivity contribution >= 4 is 11.7 Å². The molecule has 31 heavy (non-hydrogen) atoms. The summed E-state index contributed by atoms with van der Waals surface area (Å²) < 4.78 is 5.27. The van der Waals surface area contributed by atoms with E-state index in [1.807, 2.05) is 0 Å². The minimum Gasteiger partial charge on any atom is -0.394 e. The molecule has 0 aromatic heterocycles. The Labute approximate surface area is 177 Å². The number of nitrogens with one attached hydrogen (secondary N) is 1. The van der Waals surface area contributed by atoms with Gasteiger partial charge in [-0.1, -0.05) is 0 Å². The number of amides is 1. The first kappa shape index (κ1) is 27.7. The smallest absolute Gasteiger partial charge is 0.217 e. The first-order valence-electron chi connectivity index (χ1n) is 9.46. The van der Waals surface area contributed by atoms with E-state index >= 15 is 0 Å². The third-order valence-electron chi connectivity index (χ3n) is 4.97. The van der Waals surface area contributed by atoms with Crippen LogP contribution in [-0.4, -0.2) is 137 Å². The van der Waals surface area contributed by atoms with Crippen molar-refractivity contribution in [3.63, 3.8) is 0 Å². The molecule has 182 valence electrons. The molecule has 0 aliphatic carbocycles. The zero-order chi connectivity index (χ0) is 24.1. The fourth-order valence-electron chi connectivity index (χ4n) is 3.27. The molecule has 1 aliphatic rings. The highest BCUT2D eigenvalue weighted by molar-refractivity contribution is 5.84. The third kappa shape index (κ3) is 7.10. The molecule has 0 unspecified atom stereocenters. The van der Waals surface area contributed by atoms with E-state index in [2.05, 4.69) is 5.32 Å². The molecule has 0 aromatic rings. The predicted octanol–water partition coefficient (Wildman–Crippen LogP) is -6.56. The van der Waals surface area contributed by atoms with Gasteiger partial charge in [0.2, 0.25) is 5.91 Å². The first-order chi connectivity index (χ1) is 14.3. The molecule has 1 heterocycles. The fourth-order valence-corrected chi connectivity index (χ4v) is 3.27. The van der Waals surface area contributed by atoms with Crippen molar-refractivity contribution in [1.82, 2.24) is 5.32 Å². The number of ether oxygens (including phenoxy) is 1. The van der Waals surface area contributed by atoms with Crippen LogP contribution in [0.15, 0.2) is 0 Å². The standard InChI is InChI=1S/C17H31NO13/c1-6(21)18-11-7(22)2-17(30,31-16(11)14(28)10(25)5-20)3-8(23)12(26)15(29)13(27)9(24)4-19/h7,9-16,19-20,22,24-30H,2-5H2,1H3,(H,18,21)/t7-,9+,10+,11+,12-,13+,14+,15+,16+,17-/m0/s1. The summed E-state index contributed by atoms with van der Waals surface area (Å²) in [4.78, 5) is 23.7. The van der Waals surface area contributed by atoms with Gasteiger partial charge in [-0.2, -0.15) is 0 Å². The van der Waals surface area contributed by atoms with Crippen molar-refractivity contribution in [3.05, 3.63) is 0 Å². The van der Waals surface area contributed by atoms with Crippen LogP contribution in [0.4, 0.5) is 0 Å².